The van der Waals surface area contributed by atoms with Crippen molar-refractivity contribution >= 4 is 60.0 Å². The zero-order valence-corrected chi connectivity index (χ0v) is 19.9. The van der Waals surface area contributed by atoms with Crippen LogP contribution >= 0.6 is 27.3 Å². The number of halogens is 1. The number of sulfonamides is 1. The number of ether oxygens (including phenoxy) is 1. The monoisotopic (exact) mass is 542 g/mol. The standard InChI is InChI=1S/C18H16BrN5O6S2/c1-3-30-18-22-21-17(31-18)23-32(27,28)14-6-4-13(5-7-14)20-10-11-8-12(19)9-15(16(11)25)24(26)29-2/h4-10H,3H2,1-2H3,(H-,20,21,23,25,26)/p+1. The highest BCUT2D eigenvalue weighted by molar-refractivity contribution is 9.10. The number of anilines is 1. The Morgan fingerprint density at radius 3 is 2.66 bits per heavy atom. The van der Waals surface area contributed by atoms with E-state index in [1.165, 1.54) is 43.7 Å². The molecule has 0 aliphatic carbocycles. The molecule has 0 aliphatic rings. The molecular formula is C18H17BrN5O6S2+. The second kappa shape index (κ2) is 10.0. The maximum atomic E-state index is 12.5. The van der Waals surface area contributed by atoms with Gasteiger partial charge in [-0.1, -0.05) is 21.0 Å². The number of benzene rings is 2. The lowest BCUT2D eigenvalue weighted by Crippen LogP contribution is -2.12. The molecule has 1 heterocycles. The van der Waals surface area contributed by atoms with Crippen LogP contribution < -0.4 is 9.46 Å². The first-order valence-electron chi connectivity index (χ1n) is 8.90. The lowest BCUT2D eigenvalue weighted by atomic mass is 10.2. The van der Waals surface area contributed by atoms with Crippen molar-refractivity contribution in [3.63, 3.8) is 0 Å². The maximum absolute atomic E-state index is 12.5. The van der Waals surface area contributed by atoms with Gasteiger partial charge in [-0.15, -0.1) is 5.10 Å². The molecule has 14 heteroatoms. The Labute approximate surface area is 195 Å². The van der Waals surface area contributed by atoms with Crippen molar-refractivity contribution in [1.82, 2.24) is 10.2 Å². The summed E-state index contributed by atoms with van der Waals surface area (Å²) in [7, 11) is -2.70. The van der Waals surface area contributed by atoms with Crippen molar-refractivity contribution in [2.75, 3.05) is 18.4 Å². The lowest BCUT2D eigenvalue weighted by Gasteiger charge is -2.05. The molecule has 0 bridgehead atoms. The van der Waals surface area contributed by atoms with Crippen LogP contribution in [0.5, 0.6) is 10.9 Å². The smallest absolute Gasteiger partial charge is 0.359 e. The number of nitrogens with zero attached hydrogens (tertiary/aromatic N) is 4. The fraction of sp³-hybridized carbons (Fsp3) is 0.167. The predicted molar refractivity (Wildman–Crippen MR) is 122 cm³/mol. The number of phenolic OH excluding ortho intramolecular Hbond substituents is 1. The minimum atomic E-state index is -3.88. The van der Waals surface area contributed by atoms with E-state index in [4.69, 9.17) is 4.74 Å². The Morgan fingerprint density at radius 2 is 2.00 bits per heavy atom. The van der Waals surface area contributed by atoms with Crippen LogP contribution in [0.4, 0.5) is 16.5 Å². The molecule has 0 atom stereocenters. The molecular weight excluding hydrogens is 526 g/mol. The van der Waals surface area contributed by atoms with Gasteiger partial charge in [-0.05, 0) is 48.6 Å². The number of rotatable bonds is 9. The molecule has 11 nitrogen and oxygen atoms in total. The Kier molecular flexibility index (Phi) is 7.37. The minimum Gasteiger partial charge on any atom is -0.502 e. The van der Waals surface area contributed by atoms with Crippen LogP contribution in [0.25, 0.3) is 0 Å². The molecule has 0 amide bonds. The van der Waals surface area contributed by atoms with Crippen LogP contribution in [0.1, 0.15) is 12.5 Å². The fourth-order valence-corrected chi connectivity index (χ4v) is 4.75. The van der Waals surface area contributed by atoms with Crippen molar-refractivity contribution < 1.29 is 28.0 Å². The summed E-state index contributed by atoms with van der Waals surface area (Å²) in [4.78, 5) is 20.6. The number of hydrogen-bond acceptors (Lipinski definition) is 10. The first kappa shape index (κ1) is 23.6. The zero-order chi connectivity index (χ0) is 23.3. The van der Waals surface area contributed by atoms with Crippen LogP contribution in [0, 0.1) is 4.91 Å². The highest BCUT2D eigenvalue weighted by Gasteiger charge is 2.24. The van der Waals surface area contributed by atoms with Gasteiger partial charge in [0.15, 0.2) is 7.11 Å². The molecule has 168 valence electrons. The molecule has 0 unspecified atom stereocenters. The van der Waals surface area contributed by atoms with Gasteiger partial charge in [0, 0.05) is 22.3 Å². The van der Waals surface area contributed by atoms with Crippen LogP contribution in [0.15, 0.2) is 50.8 Å². The minimum absolute atomic E-state index is 0.000657. The quantitative estimate of drug-likeness (QED) is 0.305. The number of aliphatic imine (C=N–C) groups is 1. The van der Waals surface area contributed by atoms with Crippen molar-refractivity contribution in [3.05, 3.63) is 51.3 Å². The van der Waals surface area contributed by atoms with Gasteiger partial charge in [-0.3, -0.25) is 9.71 Å². The summed E-state index contributed by atoms with van der Waals surface area (Å²) in [5.74, 6) is -0.319. The maximum Gasteiger partial charge on any atom is 0.359 e. The van der Waals surface area contributed by atoms with E-state index in [1.54, 1.807) is 13.0 Å². The first-order valence-corrected chi connectivity index (χ1v) is 12.0. The van der Waals surface area contributed by atoms with Crippen molar-refractivity contribution in [3.8, 4) is 10.9 Å². The number of phenols is 1. The summed E-state index contributed by atoms with van der Waals surface area (Å²) in [6.45, 7) is 2.17. The third kappa shape index (κ3) is 5.57. The van der Waals surface area contributed by atoms with E-state index in [0.717, 1.165) is 11.3 Å². The van der Waals surface area contributed by atoms with Crippen LogP contribution in [-0.2, 0) is 14.9 Å². The van der Waals surface area contributed by atoms with E-state index in [9.17, 15) is 18.4 Å². The topological polar surface area (TPSA) is 143 Å². The van der Waals surface area contributed by atoms with Crippen molar-refractivity contribution in [1.29, 1.82) is 0 Å². The molecule has 2 N–H and O–H groups in total. The largest absolute Gasteiger partial charge is 0.502 e. The van der Waals surface area contributed by atoms with Gasteiger partial charge in [0.1, 0.15) is 0 Å². The molecule has 0 radical (unpaired) electrons. The molecule has 0 saturated carbocycles. The average molecular weight is 543 g/mol. The first-order chi connectivity index (χ1) is 15.2. The molecule has 0 aliphatic heterocycles. The van der Waals surface area contributed by atoms with E-state index in [1.807, 2.05) is 0 Å². The van der Waals surface area contributed by atoms with Gasteiger partial charge in [0.25, 0.3) is 20.1 Å². The van der Waals surface area contributed by atoms with Gasteiger partial charge < -0.3 is 9.84 Å². The molecule has 0 saturated heterocycles. The third-order valence-corrected chi connectivity index (χ3v) is 6.54. The highest BCUT2D eigenvalue weighted by Crippen LogP contribution is 2.33. The van der Waals surface area contributed by atoms with E-state index in [0.29, 0.717) is 16.8 Å². The summed E-state index contributed by atoms with van der Waals surface area (Å²) in [6.07, 6.45) is 1.34. The molecule has 2 aromatic carbocycles. The summed E-state index contributed by atoms with van der Waals surface area (Å²) in [5, 5.41) is 18.1. The summed E-state index contributed by atoms with van der Waals surface area (Å²) >= 11 is 4.23. The summed E-state index contributed by atoms with van der Waals surface area (Å²) in [6, 6.07) is 8.67. The molecule has 3 aromatic rings. The lowest BCUT2D eigenvalue weighted by molar-refractivity contribution is -0.737. The van der Waals surface area contributed by atoms with Gasteiger partial charge in [0.05, 0.1) is 22.1 Å². The SMILES string of the molecule is CCOc1nnc(NS(=O)(=O)c2ccc(N=Cc3cc(Br)cc([N+](=O)OC)c3O)cc2)s1. The van der Waals surface area contributed by atoms with Crippen molar-refractivity contribution in [2.24, 2.45) is 4.99 Å². The molecule has 3 rings (SSSR count). The normalized spacial score (nSPS) is 11.5. The van der Waals surface area contributed by atoms with E-state index in [2.05, 4.69) is 40.7 Å². The van der Waals surface area contributed by atoms with E-state index < -0.39 is 10.0 Å². The Hall–Kier alpha value is -3.10. The molecule has 32 heavy (non-hydrogen) atoms. The Morgan fingerprint density at radius 1 is 1.28 bits per heavy atom. The van der Waals surface area contributed by atoms with Crippen LogP contribution in [0.2, 0.25) is 0 Å². The average Bonchev–Trinajstić information content (AvgIpc) is 3.20. The van der Waals surface area contributed by atoms with Gasteiger partial charge in [-0.25, -0.2) is 13.3 Å². The number of aromatic nitrogens is 2. The van der Waals surface area contributed by atoms with Gasteiger partial charge >= 0.3 is 5.69 Å². The highest BCUT2D eigenvalue weighted by atomic mass is 79.9. The number of aromatic hydroxyl groups is 1. The number of hydrogen-bond donors (Lipinski definition) is 2. The predicted octanol–water partition coefficient (Wildman–Crippen LogP) is 3.93. The molecule has 1 aromatic heterocycles. The van der Waals surface area contributed by atoms with Crippen LogP contribution in [-0.4, -0.2) is 48.6 Å². The van der Waals surface area contributed by atoms with Crippen molar-refractivity contribution in [2.45, 2.75) is 11.8 Å². The van der Waals surface area contributed by atoms with Crippen LogP contribution in [0.3, 0.4) is 0 Å². The third-order valence-electron chi connectivity index (χ3n) is 3.84. The second-order valence-corrected chi connectivity index (χ2v) is 9.50. The zero-order valence-electron chi connectivity index (χ0n) is 16.7. The summed E-state index contributed by atoms with van der Waals surface area (Å²) in [5.41, 5.74) is 0.581. The van der Waals surface area contributed by atoms with E-state index >= 15 is 0 Å². The fourth-order valence-electron chi connectivity index (χ4n) is 2.40. The second-order valence-electron chi connectivity index (χ2n) is 5.97. The Balaban J connectivity index is 1.78. The van der Waals surface area contributed by atoms with Gasteiger partial charge in [-0.2, -0.15) is 0 Å². The van der Waals surface area contributed by atoms with Gasteiger partial charge in [0.2, 0.25) is 10.9 Å². The summed E-state index contributed by atoms with van der Waals surface area (Å²) < 4.78 is 33.1. The number of nitrogens with one attached hydrogen (secondary N) is 1. The Bertz CT molecular complexity index is 1260. The molecule has 0 fully saturated rings. The van der Waals surface area contributed by atoms with E-state index in [-0.39, 0.29) is 37.1 Å². The molecule has 0 spiro atoms.